The Bertz CT molecular complexity index is 1070. The van der Waals surface area contributed by atoms with Crippen molar-refractivity contribution in [2.24, 2.45) is 0 Å². The SMILES string of the molecule is CCCN1Cc2c(nc(N3CCN(C(C)=O)CC3)nc2N2CCC(OCc3ccccc3)C2)C1=O. The molecule has 9 nitrogen and oxygen atoms in total. The molecule has 186 valence electrons. The van der Waals surface area contributed by atoms with Crippen LogP contribution in [0, 0.1) is 0 Å². The first-order valence-corrected chi connectivity index (χ1v) is 12.6. The molecule has 2 saturated heterocycles. The van der Waals surface area contributed by atoms with E-state index in [1.165, 1.54) is 5.56 Å². The number of benzene rings is 1. The molecule has 4 heterocycles. The topological polar surface area (TPSA) is 82.1 Å². The van der Waals surface area contributed by atoms with Crippen LogP contribution in [0.1, 0.15) is 48.3 Å². The van der Waals surface area contributed by atoms with E-state index < -0.39 is 0 Å². The second kappa shape index (κ2) is 10.2. The predicted molar refractivity (Wildman–Crippen MR) is 133 cm³/mol. The number of hydrogen-bond acceptors (Lipinski definition) is 7. The highest BCUT2D eigenvalue weighted by atomic mass is 16.5. The van der Waals surface area contributed by atoms with E-state index in [2.05, 4.69) is 28.9 Å². The van der Waals surface area contributed by atoms with Crippen LogP contribution in [-0.4, -0.2) is 83.5 Å². The summed E-state index contributed by atoms with van der Waals surface area (Å²) in [7, 11) is 0. The minimum Gasteiger partial charge on any atom is -0.372 e. The van der Waals surface area contributed by atoms with Crippen molar-refractivity contribution >= 4 is 23.6 Å². The molecule has 0 aliphatic carbocycles. The van der Waals surface area contributed by atoms with Crippen LogP contribution < -0.4 is 9.80 Å². The van der Waals surface area contributed by atoms with Gasteiger partial charge < -0.3 is 24.3 Å². The third kappa shape index (κ3) is 4.96. The number of rotatable bonds is 7. The van der Waals surface area contributed by atoms with Gasteiger partial charge in [-0.25, -0.2) is 4.98 Å². The molecule has 0 saturated carbocycles. The maximum Gasteiger partial charge on any atom is 0.273 e. The van der Waals surface area contributed by atoms with E-state index in [9.17, 15) is 9.59 Å². The first-order chi connectivity index (χ1) is 17.0. The van der Waals surface area contributed by atoms with Crippen molar-refractivity contribution in [1.82, 2.24) is 19.8 Å². The number of ether oxygens (including phenoxy) is 1. The lowest BCUT2D eigenvalue weighted by atomic mass is 10.2. The van der Waals surface area contributed by atoms with Crippen molar-refractivity contribution < 1.29 is 14.3 Å². The first kappa shape index (κ1) is 23.5. The molecule has 2 aromatic rings. The molecule has 1 aromatic heterocycles. The van der Waals surface area contributed by atoms with Gasteiger partial charge in [0.15, 0.2) is 0 Å². The average Bonchev–Trinajstić information content (AvgIpc) is 3.48. The van der Waals surface area contributed by atoms with Crippen LogP contribution in [0.5, 0.6) is 0 Å². The quantitative estimate of drug-likeness (QED) is 0.604. The molecule has 5 rings (SSSR count). The maximum atomic E-state index is 13.2. The second-order valence-corrected chi connectivity index (χ2v) is 9.55. The van der Waals surface area contributed by atoms with Crippen LogP contribution in [0.4, 0.5) is 11.8 Å². The van der Waals surface area contributed by atoms with Crippen molar-refractivity contribution in [2.45, 2.75) is 45.9 Å². The molecule has 35 heavy (non-hydrogen) atoms. The molecule has 1 atom stereocenters. The fourth-order valence-corrected chi connectivity index (χ4v) is 5.12. The number of piperazine rings is 1. The summed E-state index contributed by atoms with van der Waals surface area (Å²) in [6.45, 7) is 9.73. The number of carbonyl (C=O) groups excluding carboxylic acids is 2. The van der Waals surface area contributed by atoms with Crippen LogP contribution in [0.25, 0.3) is 0 Å². The zero-order valence-electron chi connectivity index (χ0n) is 20.7. The second-order valence-electron chi connectivity index (χ2n) is 9.55. The Morgan fingerprint density at radius 1 is 1.06 bits per heavy atom. The van der Waals surface area contributed by atoms with Gasteiger partial charge in [0.25, 0.3) is 5.91 Å². The molecule has 2 fully saturated rings. The van der Waals surface area contributed by atoms with Gasteiger partial charge in [-0.2, -0.15) is 4.98 Å². The van der Waals surface area contributed by atoms with Gasteiger partial charge in [0, 0.05) is 58.3 Å². The molecule has 3 aliphatic rings. The van der Waals surface area contributed by atoms with Crippen molar-refractivity contribution in [3.8, 4) is 0 Å². The van der Waals surface area contributed by atoms with Crippen molar-refractivity contribution in [1.29, 1.82) is 0 Å². The predicted octanol–water partition coefficient (Wildman–Crippen LogP) is 2.31. The van der Waals surface area contributed by atoms with E-state index in [0.717, 1.165) is 37.3 Å². The molecule has 0 N–H and O–H groups in total. The van der Waals surface area contributed by atoms with E-state index in [-0.39, 0.29) is 17.9 Å². The van der Waals surface area contributed by atoms with Gasteiger partial charge >= 0.3 is 0 Å². The van der Waals surface area contributed by atoms with E-state index in [4.69, 9.17) is 14.7 Å². The van der Waals surface area contributed by atoms with E-state index in [0.29, 0.717) is 57.5 Å². The number of anilines is 2. The minimum atomic E-state index is -0.00908. The van der Waals surface area contributed by atoms with Gasteiger partial charge in [0.05, 0.1) is 19.3 Å². The summed E-state index contributed by atoms with van der Waals surface area (Å²) in [5.41, 5.74) is 2.63. The summed E-state index contributed by atoms with van der Waals surface area (Å²) >= 11 is 0. The lowest BCUT2D eigenvalue weighted by Crippen LogP contribution is -2.48. The highest BCUT2D eigenvalue weighted by Crippen LogP contribution is 2.34. The van der Waals surface area contributed by atoms with Gasteiger partial charge in [-0.15, -0.1) is 0 Å². The van der Waals surface area contributed by atoms with E-state index in [1.54, 1.807) is 6.92 Å². The van der Waals surface area contributed by atoms with Gasteiger partial charge in [-0.1, -0.05) is 37.3 Å². The van der Waals surface area contributed by atoms with Crippen LogP contribution >= 0.6 is 0 Å². The minimum absolute atomic E-state index is 0.00908. The van der Waals surface area contributed by atoms with Crippen LogP contribution in [-0.2, 0) is 22.7 Å². The molecule has 1 unspecified atom stereocenters. The summed E-state index contributed by atoms with van der Waals surface area (Å²) in [6.07, 6.45) is 1.94. The third-order valence-corrected chi connectivity index (χ3v) is 7.09. The van der Waals surface area contributed by atoms with Gasteiger partial charge in [0.1, 0.15) is 11.5 Å². The number of nitrogens with zero attached hydrogens (tertiary/aromatic N) is 6. The Morgan fingerprint density at radius 2 is 1.83 bits per heavy atom. The smallest absolute Gasteiger partial charge is 0.273 e. The van der Waals surface area contributed by atoms with Crippen LogP contribution in [0.3, 0.4) is 0 Å². The summed E-state index contributed by atoms with van der Waals surface area (Å²) in [6, 6.07) is 10.2. The summed E-state index contributed by atoms with van der Waals surface area (Å²) < 4.78 is 6.21. The lowest BCUT2D eigenvalue weighted by molar-refractivity contribution is -0.129. The Balaban J connectivity index is 1.36. The number of carbonyl (C=O) groups is 2. The standard InChI is InChI=1S/C26H34N6O3/c1-3-10-32-17-22-23(25(32)34)27-26(30-14-12-29(13-15-30)19(2)33)28-24(22)31-11-9-21(16-31)35-18-20-7-5-4-6-8-20/h4-8,21H,3,9-18H2,1-2H3. The highest BCUT2D eigenvalue weighted by Gasteiger charge is 2.36. The van der Waals surface area contributed by atoms with E-state index in [1.807, 2.05) is 28.0 Å². The third-order valence-electron chi connectivity index (χ3n) is 7.09. The number of fused-ring (bicyclic) bond motifs is 1. The monoisotopic (exact) mass is 478 g/mol. The maximum absolute atomic E-state index is 13.2. The zero-order chi connectivity index (χ0) is 24.4. The van der Waals surface area contributed by atoms with Crippen LogP contribution in [0.15, 0.2) is 30.3 Å². The van der Waals surface area contributed by atoms with Gasteiger partial charge in [-0.3, -0.25) is 9.59 Å². The molecule has 2 amide bonds. The molecule has 1 aromatic carbocycles. The molecular formula is C26H34N6O3. The fourth-order valence-electron chi connectivity index (χ4n) is 5.12. The van der Waals surface area contributed by atoms with Gasteiger partial charge in [-0.05, 0) is 18.4 Å². The zero-order valence-corrected chi connectivity index (χ0v) is 20.7. The number of aromatic nitrogens is 2. The van der Waals surface area contributed by atoms with Crippen molar-refractivity contribution in [3.05, 3.63) is 47.2 Å². The molecule has 9 heteroatoms. The Morgan fingerprint density at radius 3 is 2.54 bits per heavy atom. The normalized spacial score (nSPS) is 20.1. The Kier molecular flexibility index (Phi) is 6.86. The van der Waals surface area contributed by atoms with Crippen LogP contribution in [0.2, 0.25) is 0 Å². The van der Waals surface area contributed by atoms with E-state index >= 15 is 0 Å². The molecule has 0 radical (unpaired) electrons. The van der Waals surface area contributed by atoms with Crippen molar-refractivity contribution in [2.75, 3.05) is 55.6 Å². The lowest BCUT2D eigenvalue weighted by Gasteiger charge is -2.34. The number of amides is 2. The largest absolute Gasteiger partial charge is 0.372 e. The summed E-state index contributed by atoms with van der Waals surface area (Å²) in [5, 5.41) is 0. The first-order valence-electron chi connectivity index (χ1n) is 12.6. The fraction of sp³-hybridized carbons (Fsp3) is 0.538. The highest BCUT2D eigenvalue weighted by molar-refractivity contribution is 5.98. The molecule has 3 aliphatic heterocycles. The van der Waals surface area contributed by atoms with Gasteiger partial charge in [0.2, 0.25) is 11.9 Å². The average molecular weight is 479 g/mol. The number of hydrogen-bond donors (Lipinski definition) is 0. The molecular weight excluding hydrogens is 444 g/mol. The molecule has 0 bridgehead atoms. The Labute approximate surface area is 206 Å². The van der Waals surface area contributed by atoms with Crippen molar-refractivity contribution in [3.63, 3.8) is 0 Å². The Hall–Kier alpha value is -3.20. The summed E-state index contributed by atoms with van der Waals surface area (Å²) in [5.74, 6) is 1.52. The summed E-state index contributed by atoms with van der Waals surface area (Å²) in [4.78, 5) is 42.7. The molecule has 0 spiro atoms.